The summed E-state index contributed by atoms with van der Waals surface area (Å²) in [6, 6.07) is 7.91. The van der Waals surface area contributed by atoms with Crippen molar-refractivity contribution >= 4 is 89.5 Å². The normalized spacial score (nSPS) is 32.1. The number of carbonyl (C=O) groups is 8. The fourth-order valence-corrected chi connectivity index (χ4v) is 20.7. The zero-order valence-electron chi connectivity index (χ0n) is 69.9. The molecule has 6 saturated carbocycles. The highest BCUT2D eigenvalue weighted by atomic mass is 32.2. The molecular weight excluding hydrogens is 1580 g/mol. The number of methoxy groups -OCH3 is 2. The van der Waals surface area contributed by atoms with E-state index in [-0.39, 0.29) is 49.5 Å². The smallest absolute Gasteiger partial charge is 0.307 e. The topological polar surface area (TPSA) is 366 Å². The van der Waals surface area contributed by atoms with Crippen molar-refractivity contribution in [3.63, 3.8) is 0 Å². The Labute approximate surface area is 686 Å². The maximum absolute atomic E-state index is 14.9. The van der Waals surface area contributed by atoms with E-state index in [4.69, 9.17) is 48.4 Å². The number of aryl methyl sites for hydroxylation is 2. The highest BCUT2D eigenvalue weighted by molar-refractivity contribution is 7.92. The molecule has 4 N–H and O–H groups in total. The van der Waals surface area contributed by atoms with Crippen molar-refractivity contribution in [1.29, 1.82) is 0 Å². The molecule has 6 heterocycles. The number of amides is 6. The molecule has 4 aromatic rings. The molecule has 16 atom stereocenters. The lowest BCUT2D eigenvalue weighted by Crippen LogP contribution is -2.59. The van der Waals surface area contributed by atoms with Crippen molar-refractivity contribution in [2.75, 3.05) is 27.3 Å². The number of hydrogen-bond donors (Lipinski definition) is 4. The lowest BCUT2D eigenvalue weighted by molar-refractivity contribution is -0.159. The van der Waals surface area contributed by atoms with Gasteiger partial charge in [-0.15, -0.1) is 0 Å². The zero-order valence-corrected chi connectivity index (χ0v) is 71.5. The fraction of sp³-hybridized carbons (Fsp3) is 0.714. The highest BCUT2D eigenvalue weighted by Gasteiger charge is 2.70. The minimum absolute atomic E-state index is 0.151. The van der Waals surface area contributed by atoms with E-state index in [1.54, 1.807) is 52.3 Å². The van der Waals surface area contributed by atoms with Gasteiger partial charge in [0.2, 0.25) is 68.3 Å². The Bertz CT molecular complexity index is 4550. The Morgan fingerprint density at radius 2 is 0.907 bits per heavy atom. The third-order valence-corrected chi connectivity index (χ3v) is 31.7. The Morgan fingerprint density at radius 3 is 1.22 bits per heavy atom. The summed E-state index contributed by atoms with van der Waals surface area (Å²) in [6.07, 6.45) is 2.53. The van der Waals surface area contributed by atoms with Crippen LogP contribution in [0.15, 0.2) is 36.4 Å². The number of fused-ring (bicyclic) bond motifs is 10. The third-order valence-electron chi connectivity index (χ3n) is 27.4. The van der Waals surface area contributed by atoms with E-state index in [0.717, 1.165) is 64.2 Å². The van der Waals surface area contributed by atoms with Gasteiger partial charge < -0.3 is 48.9 Å². The largest absolute Gasteiger partial charge is 0.497 e. The first kappa shape index (κ1) is 87.5. The van der Waals surface area contributed by atoms with E-state index in [2.05, 4.69) is 10.6 Å². The standard InChI is InChI=1S/2C42H57F2N5O9S/c2*1-8-41-20-24(41)12-10-9-11-13-29-36(46-30-18-25(56-7)14-15-28(30)45-29)57-31-22-49(37(52)26(39(3,4)5)19-32(50)58-41)33(23(31)2)35(51)47-42(21-27(42)34(43)44)38(53)48-59(54,55)40(6)16-17-40/h2*14-15,18,23-24,26-27,31,33-34H,8-13,16-17,19-22H2,1-7H3,(H,47,51)(H,48,53)/t23-,24+,26-,27+,31+,33+,41+,42-;23-,24-,26-,27+,31+,33+,41-,42-/m11/s1. The van der Waals surface area contributed by atoms with Gasteiger partial charge in [0.1, 0.15) is 69.5 Å². The van der Waals surface area contributed by atoms with Crippen LogP contribution < -0.4 is 39.0 Å². The van der Waals surface area contributed by atoms with Gasteiger partial charge in [0.05, 0.1) is 95.4 Å². The lowest BCUT2D eigenvalue weighted by Gasteiger charge is -2.35. The SMILES string of the molecule is CC[C@@]12C[C@H]1CCCCCc1nc3ccc(OC)cc3nc1O[C@H]1CN(C(=O)[C@H](C(C)(C)C)CC(=O)O2)[C@H](C(=O)N[C@]2(C(=O)NS(=O)(=O)C3(C)CC3)C[C@H]2C(F)F)[C@@H]1C.CC[C@]12C[C@@H]1CCCCCc1nc3ccc(OC)cc3nc1O[C@H]1CN(C(=O)[C@H](C(C)(C)C)CC(=O)O2)[C@H](C(=O)N[C@]2(C(=O)NS(=O)(=O)C3(C)CC3)C[C@H]2C(F)F)[C@@H]1C. The summed E-state index contributed by atoms with van der Waals surface area (Å²) in [6.45, 7) is 20.8. The van der Waals surface area contributed by atoms with Crippen LogP contribution in [0.4, 0.5) is 17.6 Å². The lowest BCUT2D eigenvalue weighted by atomic mass is 9.77. The molecule has 34 heteroatoms. The Kier molecular flexibility index (Phi) is 23.9. The van der Waals surface area contributed by atoms with Crippen LogP contribution in [0.25, 0.3) is 22.1 Å². The van der Waals surface area contributed by atoms with Crippen LogP contribution in [-0.2, 0) is 80.7 Å². The number of halogens is 4. The molecule has 4 bridgehead atoms. The monoisotopic (exact) mass is 1690 g/mol. The number of nitrogens with one attached hydrogen (secondary N) is 4. The van der Waals surface area contributed by atoms with Crippen LogP contribution >= 0.6 is 0 Å². The molecule has 0 unspecified atom stereocenters. The number of aromatic nitrogens is 4. The molecule has 2 aromatic heterocycles. The van der Waals surface area contributed by atoms with Gasteiger partial charge in [-0.25, -0.2) is 54.3 Å². The molecule has 10 aliphatic rings. The molecule has 14 rings (SSSR count). The average molecular weight is 1690 g/mol. The predicted octanol–water partition coefficient (Wildman–Crippen LogP) is 10.5. The number of ether oxygens (including phenoxy) is 6. The van der Waals surface area contributed by atoms with Crippen LogP contribution in [0.3, 0.4) is 0 Å². The van der Waals surface area contributed by atoms with E-state index in [1.165, 1.54) is 23.6 Å². The molecule has 2 saturated heterocycles. The van der Waals surface area contributed by atoms with E-state index in [1.807, 2.05) is 77.0 Å². The van der Waals surface area contributed by atoms with Crippen LogP contribution in [0.1, 0.15) is 223 Å². The van der Waals surface area contributed by atoms with Crippen molar-refractivity contribution in [3.05, 3.63) is 47.8 Å². The predicted molar refractivity (Wildman–Crippen MR) is 424 cm³/mol. The van der Waals surface area contributed by atoms with Crippen LogP contribution in [-0.4, -0.2) is 190 Å². The number of benzene rings is 2. The summed E-state index contributed by atoms with van der Waals surface area (Å²) < 4.78 is 148. The van der Waals surface area contributed by atoms with Crippen molar-refractivity contribution in [2.24, 2.45) is 58.2 Å². The van der Waals surface area contributed by atoms with Crippen molar-refractivity contribution in [1.82, 2.24) is 49.8 Å². The summed E-state index contributed by atoms with van der Waals surface area (Å²) in [5.41, 5.74) is -3.81. The number of rotatable bonds is 16. The summed E-state index contributed by atoms with van der Waals surface area (Å²) in [5.74, 6) is -11.4. The maximum Gasteiger partial charge on any atom is 0.307 e. The molecule has 648 valence electrons. The second-order valence-corrected chi connectivity index (χ2v) is 42.0. The van der Waals surface area contributed by atoms with Crippen LogP contribution in [0.2, 0.25) is 0 Å². The van der Waals surface area contributed by atoms with Crippen LogP contribution in [0.5, 0.6) is 23.3 Å². The second-order valence-electron chi connectivity index (χ2n) is 37.6. The Balaban J connectivity index is 0.000000205. The molecule has 2 aromatic carbocycles. The second kappa shape index (κ2) is 32.3. The number of sulfonamides is 2. The minimum atomic E-state index is -4.24. The van der Waals surface area contributed by atoms with Gasteiger partial charge in [-0.2, -0.15) is 0 Å². The third kappa shape index (κ3) is 17.4. The van der Waals surface area contributed by atoms with Crippen LogP contribution in [0, 0.1) is 58.2 Å². The molecule has 4 aliphatic heterocycles. The summed E-state index contributed by atoms with van der Waals surface area (Å²) >= 11 is 0. The molecular formula is C84H114F4N10O18S2. The van der Waals surface area contributed by atoms with E-state index >= 15 is 0 Å². The minimum Gasteiger partial charge on any atom is -0.497 e. The zero-order chi connectivity index (χ0) is 85.7. The molecule has 118 heavy (non-hydrogen) atoms. The first-order valence-corrected chi connectivity index (χ1v) is 44.7. The quantitative estimate of drug-likeness (QED) is 0.0598. The first-order chi connectivity index (χ1) is 55.3. The van der Waals surface area contributed by atoms with E-state index < -0.39 is 196 Å². The number of alkyl halides is 4. The number of hydrogen-bond acceptors (Lipinski definition) is 22. The van der Waals surface area contributed by atoms with Gasteiger partial charge in [-0.05, 0) is 152 Å². The Hall–Kier alpha value is -8.30. The summed E-state index contributed by atoms with van der Waals surface area (Å²) in [7, 11) is -5.39. The maximum atomic E-state index is 14.9. The van der Waals surface area contributed by atoms with E-state index in [9.17, 15) is 72.8 Å². The van der Waals surface area contributed by atoms with Crippen molar-refractivity contribution in [2.45, 2.75) is 293 Å². The molecule has 8 fully saturated rings. The van der Waals surface area contributed by atoms with E-state index in [0.29, 0.717) is 96.3 Å². The van der Waals surface area contributed by atoms with Gasteiger partial charge in [0.25, 0.3) is 11.8 Å². The highest BCUT2D eigenvalue weighted by Crippen LogP contribution is 2.56. The van der Waals surface area contributed by atoms with Crippen molar-refractivity contribution < 1.29 is 101 Å². The summed E-state index contributed by atoms with van der Waals surface area (Å²) in [4.78, 5) is 136. The first-order valence-electron chi connectivity index (χ1n) is 41.8. The average Bonchev–Trinajstić information content (AvgIpc) is 1.56. The van der Waals surface area contributed by atoms with Gasteiger partial charge in [0, 0.05) is 35.8 Å². The van der Waals surface area contributed by atoms with Gasteiger partial charge in [-0.1, -0.05) is 94.9 Å². The van der Waals surface area contributed by atoms with Crippen molar-refractivity contribution in [3.8, 4) is 23.3 Å². The summed E-state index contributed by atoms with van der Waals surface area (Å²) in [5, 5.41) is 5.02. The van der Waals surface area contributed by atoms with Gasteiger partial charge in [0.15, 0.2) is 0 Å². The molecule has 6 aliphatic carbocycles. The molecule has 0 radical (unpaired) electrons. The number of carbonyl (C=O) groups excluding carboxylic acids is 8. The Morgan fingerprint density at radius 1 is 0.542 bits per heavy atom. The number of esters is 2. The number of nitrogens with zero attached hydrogens (tertiary/aromatic N) is 6. The molecule has 28 nitrogen and oxygen atoms in total. The fourth-order valence-electron chi connectivity index (χ4n) is 18.1. The molecule has 6 amide bonds. The van der Waals surface area contributed by atoms with Gasteiger partial charge in [-0.3, -0.25) is 47.8 Å². The molecule has 0 spiro atoms. The van der Waals surface area contributed by atoms with Gasteiger partial charge >= 0.3 is 11.9 Å².